The fraction of sp³-hybridized carbons (Fsp3) is 0.111. The molecule has 0 unspecified atom stereocenters. The number of halogens is 1. The number of amides is 3. The predicted octanol–water partition coefficient (Wildman–Crippen LogP) is 5.04. The van der Waals surface area contributed by atoms with Crippen molar-refractivity contribution in [1.82, 2.24) is 9.47 Å². The van der Waals surface area contributed by atoms with Gasteiger partial charge in [-0.1, -0.05) is 18.2 Å². The van der Waals surface area contributed by atoms with Crippen molar-refractivity contribution in [3.8, 4) is 0 Å². The number of imide groups is 1. The molecule has 11 heteroatoms. The van der Waals surface area contributed by atoms with E-state index in [0.29, 0.717) is 11.3 Å². The number of hydrogen-bond donors (Lipinski definition) is 1. The van der Waals surface area contributed by atoms with Gasteiger partial charge in [-0.2, -0.15) is 0 Å². The zero-order valence-electron chi connectivity index (χ0n) is 20.0. The van der Waals surface area contributed by atoms with Crippen LogP contribution in [0.25, 0.3) is 17.0 Å². The summed E-state index contributed by atoms with van der Waals surface area (Å²) in [6.45, 7) is -0.154. The largest absolute Gasteiger partial charge is 0.463 e. The number of fused-ring (bicyclic) bond motifs is 1. The Morgan fingerprint density at radius 3 is 2.61 bits per heavy atom. The molecule has 2 aromatic heterocycles. The molecule has 1 aliphatic heterocycles. The molecule has 0 bridgehead atoms. The van der Waals surface area contributed by atoms with Crippen molar-refractivity contribution in [1.29, 1.82) is 0 Å². The van der Waals surface area contributed by atoms with Gasteiger partial charge < -0.3 is 19.0 Å². The second-order valence-corrected chi connectivity index (χ2v) is 9.30. The highest BCUT2D eigenvalue weighted by molar-refractivity contribution is 8.18. The van der Waals surface area contributed by atoms with Crippen LogP contribution in [0, 0.1) is 5.82 Å². The number of methoxy groups -OCH3 is 1. The number of benzene rings is 2. The van der Waals surface area contributed by atoms with Crippen LogP contribution in [0.4, 0.5) is 14.9 Å². The van der Waals surface area contributed by atoms with Crippen LogP contribution < -0.4 is 5.32 Å². The maximum Gasteiger partial charge on any atom is 0.373 e. The van der Waals surface area contributed by atoms with E-state index >= 15 is 0 Å². The van der Waals surface area contributed by atoms with Gasteiger partial charge in [0.15, 0.2) is 0 Å². The first-order valence-electron chi connectivity index (χ1n) is 11.4. The summed E-state index contributed by atoms with van der Waals surface area (Å²) in [7, 11) is 1.22. The minimum Gasteiger partial charge on any atom is -0.463 e. The van der Waals surface area contributed by atoms with Gasteiger partial charge in [0.25, 0.3) is 11.1 Å². The highest BCUT2D eigenvalue weighted by Crippen LogP contribution is 2.35. The van der Waals surface area contributed by atoms with Crippen molar-refractivity contribution in [2.45, 2.75) is 13.1 Å². The van der Waals surface area contributed by atoms with Crippen LogP contribution >= 0.6 is 11.8 Å². The van der Waals surface area contributed by atoms with E-state index in [2.05, 4.69) is 10.1 Å². The molecule has 1 N–H and O–H groups in total. The molecule has 2 aromatic carbocycles. The highest BCUT2D eigenvalue weighted by Gasteiger charge is 2.36. The summed E-state index contributed by atoms with van der Waals surface area (Å²) >= 11 is 0.794. The zero-order valence-corrected chi connectivity index (χ0v) is 20.8. The van der Waals surface area contributed by atoms with Crippen molar-refractivity contribution < 1.29 is 32.7 Å². The summed E-state index contributed by atoms with van der Waals surface area (Å²) < 4.78 is 24.9. The number of furan rings is 1. The van der Waals surface area contributed by atoms with Crippen molar-refractivity contribution in [3.63, 3.8) is 0 Å². The Labute approximate surface area is 219 Å². The van der Waals surface area contributed by atoms with Crippen LogP contribution in [-0.4, -0.2) is 39.6 Å². The molecular formula is C27H20FN3O6S. The quantitative estimate of drug-likeness (QED) is 0.262. The Kier molecular flexibility index (Phi) is 6.84. The Morgan fingerprint density at radius 1 is 1.08 bits per heavy atom. The number of hydrogen-bond acceptors (Lipinski definition) is 7. The summed E-state index contributed by atoms with van der Waals surface area (Å²) in [6, 6.07) is 15.8. The molecule has 0 aliphatic carbocycles. The topological polar surface area (TPSA) is 111 Å². The van der Waals surface area contributed by atoms with Crippen molar-refractivity contribution in [2.24, 2.45) is 0 Å². The van der Waals surface area contributed by atoms with Gasteiger partial charge in [-0.3, -0.25) is 19.3 Å². The summed E-state index contributed by atoms with van der Waals surface area (Å²) in [5, 5.41) is 3.05. The van der Waals surface area contributed by atoms with E-state index in [0.717, 1.165) is 27.6 Å². The van der Waals surface area contributed by atoms with E-state index in [1.165, 1.54) is 43.5 Å². The lowest BCUT2D eigenvalue weighted by Crippen LogP contribution is -2.27. The standard InChI is InChI=1S/C27H20FN3O6S/c1-36-26(34)22-11-10-19(37-22)14-31-25(33)23(38-27(31)35)12-16-13-30(21-5-3-2-4-20(16)21)15-24(32)29-18-8-6-17(28)7-9-18/h2-13H,14-15H2,1H3,(H,29,32)/b23-12+. The van der Waals surface area contributed by atoms with E-state index in [1.807, 2.05) is 24.3 Å². The second kappa shape index (κ2) is 10.4. The average molecular weight is 534 g/mol. The molecule has 0 atom stereocenters. The normalized spacial score (nSPS) is 14.5. The summed E-state index contributed by atoms with van der Waals surface area (Å²) in [6.07, 6.45) is 3.35. The van der Waals surface area contributed by atoms with E-state index in [4.69, 9.17) is 4.42 Å². The number of nitrogens with one attached hydrogen (secondary N) is 1. The first kappa shape index (κ1) is 25.0. The highest BCUT2D eigenvalue weighted by atomic mass is 32.2. The van der Waals surface area contributed by atoms with Crippen molar-refractivity contribution >= 4 is 57.5 Å². The van der Waals surface area contributed by atoms with Crippen molar-refractivity contribution in [2.75, 3.05) is 12.4 Å². The molecule has 5 rings (SSSR count). The zero-order chi connectivity index (χ0) is 26.8. The molecule has 4 aromatic rings. The molecule has 0 radical (unpaired) electrons. The third-order valence-corrected chi connectivity index (χ3v) is 6.69. The van der Waals surface area contributed by atoms with E-state index in [9.17, 15) is 23.6 Å². The molecule has 0 spiro atoms. The molecule has 9 nitrogen and oxygen atoms in total. The van der Waals surface area contributed by atoms with Crippen LogP contribution in [0.5, 0.6) is 0 Å². The summed E-state index contributed by atoms with van der Waals surface area (Å²) in [4.78, 5) is 51.2. The van der Waals surface area contributed by atoms with Gasteiger partial charge in [-0.05, 0) is 60.3 Å². The smallest absolute Gasteiger partial charge is 0.373 e. The maximum atomic E-state index is 13.2. The first-order chi connectivity index (χ1) is 18.3. The third-order valence-electron chi connectivity index (χ3n) is 5.78. The number of nitrogens with zero attached hydrogens (tertiary/aromatic N) is 2. The lowest BCUT2D eigenvalue weighted by atomic mass is 10.1. The minimum absolute atomic E-state index is 0.0196. The van der Waals surface area contributed by atoms with Gasteiger partial charge in [0, 0.05) is 28.4 Å². The molecule has 192 valence electrons. The summed E-state index contributed by atoms with van der Waals surface area (Å²) in [5.74, 6) is -1.63. The Morgan fingerprint density at radius 2 is 1.84 bits per heavy atom. The lowest BCUT2D eigenvalue weighted by Gasteiger charge is -2.09. The van der Waals surface area contributed by atoms with Crippen LogP contribution in [0.2, 0.25) is 0 Å². The molecule has 1 fully saturated rings. The van der Waals surface area contributed by atoms with Crippen LogP contribution in [0.15, 0.2) is 76.2 Å². The third kappa shape index (κ3) is 5.09. The van der Waals surface area contributed by atoms with Gasteiger partial charge in [0.05, 0.1) is 18.6 Å². The van der Waals surface area contributed by atoms with Crippen molar-refractivity contribution in [3.05, 3.63) is 94.7 Å². The number of para-hydroxylation sites is 1. The van der Waals surface area contributed by atoms with Gasteiger partial charge in [0.2, 0.25) is 11.7 Å². The summed E-state index contributed by atoms with van der Waals surface area (Å²) in [5.41, 5.74) is 1.89. The fourth-order valence-corrected chi connectivity index (χ4v) is 4.85. The monoisotopic (exact) mass is 533 g/mol. The Bertz CT molecular complexity index is 1600. The van der Waals surface area contributed by atoms with Gasteiger partial charge in [0.1, 0.15) is 18.1 Å². The minimum atomic E-state index is -0.659. The number of ether oxygens (including phenoxy) is 1. The molecule has 0 saturated carbocycles. The Balaban J connectivity index is 1.36. The van der Waals surface area contributed by atoms with E-state index < -0.39 is 22.9 Å². The Hall–Kier alpha value is -4.64. The number of anilines is 1. The van der Waals surface area contributed by atoms with Crippen LogP contribution in [0.1, 0.15) is 21.9 Å². The number of aromatic nitrogens is 1. The molecule has 1 saturated heterocycles. The number of thioether (sulfide) groups is 1. The maximum absolute atomic E-state index is 13.2. The van der Waals surface area contributed by atoms with Gasteiger partial charge in [-0.15, -0.1) is 0 Å². The second-order valence-electron chi connectivity index (χ2n) is 8.31. The SMILES string of the molecule is COC(=O)c1ccc(CN2C(=O)S/C(=C/c3cn(CC(=O)Nc4ccc(F)cc4)c4ccccc34)C2=O)o1. The first-order valence-corrected chi connectivity index (χ1v) is 12.2. The molecule has 3 amide bonds. The molecular weight excluding hydrogens is 513 g/mol. The number of esters is 1. The van der Waals surface area contributed by atoms with Gasteiger partial charge >= 0.3 is 5.97 Å². The number of carbonyl (C=O) groups is 4. The molecule has 3 heterocycles. The fourth-order valence-electron chi connectivity index (χ4n) is 4.02. The van der Waals surface area contributed by atoms with Crippen LogP contribution in [-0.2, 0) is 27.4 Å². The van der Waals surface area contributed by atoms with Crippen LogP contribution in [0.3, 0.4) is 0 Å². The number of rotatable bonds is 7. The number of carbonyl (C=O) groups excluding carboxylic acids is 4. The van der Waals surface area contributed by atoms with E-state index in [1.54, 1.807) is 16.8 Å². The van der Waals surface area contributed by atoms with E-state index in [-0.39, 0.29) is 35.4 Å². The molecule has 38 heavy (non-hydrogen) atoms. The van der Waals surface area contributed by atoms with Gasteiger partial charge in [-0.25, -0.2) is 9.18 Å². The average Bonchev–Trinajstić information content (AvgIpc) is 3.59. The molecule has 1 aliphatic rings. The predicted molar refractivity (Wildman–Crippen MR) is 139 cm³/mol. The lowest BCUT2D eigenvalue weighted by molar-refractivity contribution is -0.123.